The number of thiophene rings is 1. The van der Waals surface area contributed by atoms with Crippen LogP contribution in [0.1, 0.15) is 12.5 Å². The SMILES string of the molecule is Cl.O=c1c2cc(-c3ccccc3)sc2ncn1[C@H]1CCNC1. The minimum Gasteiger partial charge on any atom is -0.315 e. The molecule has 2 aromatic heterocycles. The van der Waals surface area contributed by atoms with E-state index in [2.05, 4.69) is 22.4 Å². The van der Waals surface area contributed by atoms with Crippen LogP contribution in [0.25, 0.3) is 20.7 Å². The molecule has 0 radical (unpaired) electrons. The zero-order valence-corrected chi connectivity index (χ0v) is 13.5. The van der Waals surface area contributed by atoms with Gasteiger partial charge in [0.1, 0.15) is 4.83 Å². The maximum absolute atomic E-state index is 12.7. The third-order valence-corrected chi connectivity index (χ3v) is 5.05. The molecule has 1 aromatic carbocycles. The largest absolute Gasteiger partial charge is 0.315 e. The molecule has 0 saturated carbocycles. The number of nitrogens with zero attached hydrogens (tertiary/aromatic N) is 2. The van der Waals surface area contributed by atoms with Gasteiger partial charge in [0.05, 0.1) is 17.8 Å². The molecular formula is C16H16ClN3OS. The first-order valence-corrected chi connectivity index (χ1v) is 7.91. The molecule has 114 valence electrons. The Morgan fingerprint density at radius 2 is 2.09 bits per heavy atom. The Kier molecular flexibility index (Phi) is 4.29. The highest BCUT2D eigenvalue weighted by Crippen LogP contribution is 2.30. The zero-order valence-electron chi connectivity index (χ0n) is 11.9. The van der Waals surface area contributed by atoms with Crippen molar-refractivity contribution in [3.63, 3.8) is 0 Å². The summed E-state index contributed by atoms with van der Waals surface area (Å²) in [6, 6.07) is 12.3. The first-order chi connectivity index (χ1) is 10.3. The van der Waals surface area contributed by atoms with Crippen molar-refractivity contribution >= 4 is 34.0 Å². The summed E-state index contributed by atoms with van der Waals surface area (Å²) in [4.78, 5) is 19.1. The normalized spacial score (nSPS) is 17.5. The highest BCUT2D eigenvalue weighted by atomic mass is 35.5. The van der Waals surface area contributed by atoms with Gasteiger partial charge in [-0.2, -0.15) is 0 Å². The van der Waals surface area contributed by atoms with Crippen LogP contribution in [0.15, 0.2) is 47.5 Å². The molecular weight excluding hydrogens is 318 g/mol. The van der Waals surface area contributed by atoms with Gasteiger partial charge in [-0.15, -0.1) is 23.7 Å². The number of hydrogen-bond acceptors (Lipinski definition) is 4. The lowest BCUT2D eigenvalue weighted by Gasteiger charge is -2.11. The molecule has 0 aliphatic carbocycles. The number of nitrogens with one attached hydrogen (secondary N) is 1. The second-order valence-electron chi connectivity index (χ2n) is 5.30. The molecule has 4 rings (SSSR count). The van der Waals surface area contributed by atoms with Crippen molar-refractivity contribution in [3.05, 3.63) is 53.1 Å². The molecule has 1 saturated heterocycles. The maximum atomic E-state index is 12.7. The molecule has 0 unspecified atom stereocenters. The third-order valence-electron chi connectivity index (χ3n) is 3.96. The van der Waals surface area contributed by atoms with E-state index in [0.29, 0.717) is 0 Å². The van der Waals surface area contributed by atoms with E-state index in [-0.39, 0.29) is 24.0 Å². The topological polar surface area (TPSA) is 46.9 Å². The molecule has 3 heterocycles. The summed E-state index contributed by atoms with van der Waals surface area (Å²) in [5, 5.41) is 4.02. The van der Waals surface area contributed by atoms with Gasteiger partial charge in [0.25, 0.3) is 5.56 Å². The summed E-state index contributed by atoms with van der Waals surface area (Å²) in [6.45, 7) is 1.82. The Labute approximate surface area is 138 Å². The predicted molar refractivity (Wildman–Crippen MR) is 93.1 cm³/mol. The molecule has 1 N–H and O–H groups in total. The quantitative estimate of drug-likeness (QED) is 0.784. The predicted octanol–water partition coefficient (Wildman–Crippen LogP) is 3.08. The van der Waals surface area contributed by atoms with E-state index in [1.165, 1.54) is 0 Å². The molecule has 0 spiro atoms. The first kappa shape index (κ1) is 15.2. The zero-order chi connectivity index (χ0) is 14.2. The molecule has 0 amide bonds. The average Bonchev–Trinajstić information content (AvgIpc) is 3.18. The van der Waals surface area contributed by atoms with Gasteiger partial charge in [-0.25, -0.2) is 4.98 Å². The summed E-state index contributed by atoms with van der Waals surface area (Å²) in [7, 11) is 0. The van der Waals surface area contributed by atoms with Crippen LogP contribution in [0, 0.1) is 0 Å². The Morgan fingerprint density at radius 3 is 2.82 bits per heavy atom. The highest BCUT2D eigenvalue weighted by Gasteiger charge is 2.19. The van der Waals surface area contributed by atoms with Crippen molar-refractivity contribution in [3.8, 4) is 10.4 Å². The van der Waals surface area contributed by atoms with Gasteiger partial charge < -0.3 is 5.32 Å². The average molecular weight is 334 g/mol. The number of benzene rings is 1. The molecule has 1 fully saturated rings. The second-order valence-corrected chi connectivity index (χ2v) is 6.33. The van der Waals surface area contributed by atoms with Gasteiger partial charge in [-0.05, 0) is 24.6 Å². The van der Waals surface area contributed by atoms with Crippen LogP contribution in [-0.2, 0) is 0 Å². The van der Waals surface area contributed by atoms with E-state index in [1.807, 2.05) is 24.3 Å². The molecule has 1 atom stereocenters. The fraction of sp³-hybridized carbons (Fsp3) is 0.250. The third kappa shape index (κ3) is 2.56. The number of rotatable bonds is 2. The van der Waals surface area contributed by atoms with Crippen LogP contribution in [0.5, 0.6) is 0 Å². The summed E-state index contributed by atoms with van der Waals surface area (Å²) in [6.07, 6.45) is 2.69. The van der Waals surface area contributed by atoms with Gasteiger partial charge in [0, 0.05) is 11.4 Å². The Bertz CT molecular complexity index is 837. The molecule has 22 heavy (non-hydrogen) atoms. The van der Waals surface area contributed by atoms with Gasteiger partial charge >= 0.3 is 0 Å². The van der Waals surface area contributed by atoms with E-state index in [0.717, 1.165) is 40.2 Å². The second kappa shape index (κ2) is 6.20. The van der Waals surface area contributed by atoms with Crippen LogP contribution in [-0.4, -0.2) is 22.6 Å². The summed E-state index contributed by atoms with van der Waals surface area (Å²) in [5.74, 6) is 0. The van der Waals surface area contributed by atoms with Crippen LogP contribution in [0.3, 0.4) is 0 Å². The van der Waals surface area contributed by atoms with Crippen LogP contribution in [0.2, 0.25) is 0 Å². The number of halogens is 1. The lowest BCUT2D eigenvalue weighted by molar-refractivity contribution is 0.525. The van der Waals surface area contributed by atoms with Crippen molar-refractivity contribution in [1.29, 1.82) is 0 Å². The van der Waals surface area contributed by atoms with E-state index in [9.17, 15) is 4.79 Å². The van der Waals surface area contributed by atoms with E-state index < -0.39 is 0 Å². The fourth-order valence-electron chi connectivity index (χ4n) is 2.82. The maximum Gasteiger partial charge on any atom is 0.262 e. The summed E-state index contributed by atoms with van der Waals surface area (Å²) >= 11 is 1.58. The molecule has 1 aliphatic heterocycles. The standard InChI is InChI=1S/C16H15N3OS.ClH/c20-16-13-8-14(11-4-2-1-3-5-11)21-15(13)18-10-19(16)12-6-7-17-9-12;/h1-5,8,10,12,17H,6-7,9H2;1H/t12-;/m0./s1. The van der Waals surface area contributed by atoms with Crippen molar-refractivity contribution in [2.24, 2.45) is 0 Å². The monoisotopic (exact) mass is 333 g/mol. The molecule has 3 aromatic rings. The van der Waals surface area contributed by atoms with E-state index in [4.69, 9.17) is 0 Å². The summed E-state index contributed by atoms with van der Waals surface area (Å²) < 4.78 is 1.78. The number of hydrogen-bond donors (Lipinski definition) is 1. The van der Waals surface area contributed by atoms with Gasteiger partial charge in [-0.3, -0.25) is 9.36 Å². The Hall–Kier alpha value is -1.69. The number of fused-ring (bicyclic) bond motifs is 1. The molecule has 1 aliphatic rings. The fourth-order valence-corrected chi connectivity index (χ4v) is 3.81. The van der Waals surface area contributed by atoms with E-state index in [1.54, 1.807) is 22.2 Å². The Balaban J connectivity index is 0.00000144. The minimum atomic E-state index is 0. The van der Waals surface area contributed by atoms with Crippen molar-refractivity contribution in [2.75, 3.05) is 13.1 Å². The van der Waals surface area contributed by atoms with Gasteiger partial charge in [-0.1, -0.05) is 30.3 Å². The minimum absolute atomic E-state index is 0. The molecule has 4 nitrogen and oxygen atoms in total. The number of aromatic nitrogens is 2. The highest BCUT2D eigenvalue weighted by molar-refractivity contribution is 7.21. The van der Waals surface area contributed by atoms with Crippen LogP contribution in [0.4, 0.5) is 0 Å². The van der Waals surface area contributed by atoms with Crippen molar-refractivity contribution < 1.29 is 0 Å². The first-order valence-electron chi connectivity index (χ1n) is 7.10. The van der Waals surface area contributed by atoms with Crippen molar-refractivity contribution in [1.82, 2.24) is 14.9 Å². The molecule has 6 heteroatoms. The van der Waals surface area contributed by atoms with Crippen LogP contribution < -0.4 is 10.9 Å². The van der Waals surface area contributed by atoms with E-state index >= 15 is 0 Å². The Morgan fingerprint density at radius 1 is 1.27 bits per heavy atom. The van der Waals surface area contributed by atoms with Gasteiger partial charge in [0.2, 0.25) is 0 Å². The smallest absolute Gasteiger partial charge is 0.262 e. The lowest BCUT2D eigenvalue weighted by Crippen LogP contribution is -2.26. The lowest BCUT2D eigenvalue weighted by atomic mass is 10.2. The summed E-state index contributed by atoms with van der Waals surface area (Å²) in [5.41, 5.74) is 1.21. The van der Waals surface area contributed by atoms with Crippen molar-refractivity contribution in [2.45, 2.75) is 12.5 Å². The van der Waals surface area contributed by atoms with Gasteiger partial charge in [0.15, 0.2) is 0 Å². The molecule has 0 bridgehead atoms. The van der Waals surface area contributed by atoms with Crippen LogP contribution >= 0.6 is 23.7 Å².